The summed E-state index contributed by atoms with van der Waals surface area (Å²) in [6.07, 6.45) is 9.14. The van der Waals surface area contributed by atoms with Crippen LogP contribution in [-0.4, -0.2) is 5.11 Å². The molecule has 0 heterocycles. The fourth-order valence-corrected chi connectivity index (χ4v) is 3.67. The van der Waals surface area contributed by atoms with Gasteiger partial charge in [-0.1, -0.05) is 42.5 Å². The van der Waals surface area contributed by atoms with E-state index < -0.39 is 5.60 Å². The van der Waals surface area contributed by atoms with E-state index >= 15 is 0 Å². The molecule has 100 valence electrons. The molecular weight excluding hydrogens is 283 g/mol. The number of hydrogen-bond donors (Lipinski definition) is 1. The summed E-state index contributed by atoms with van der Waals surface area (Å²) < 4.78 is 0. The minimum Gasteiger partial charge on any atom is -0.399 e. The zero-order valence-electron chi connectivity index (χ0n) is 12.4. The Balaban J connectivity index is 0.00000132. The van der Waals surface area contributed by atoms with Gasteiger partial charge in [0.25, 0.3) is 0 Å². The van der Waals surface area contributed by atoms with E-state index in [1.165, 1.54) is 11.0 Å². The van der Waals surface area contributed by atoms with Gasteiger partial charge in [-0.3, -0.25) is 6.08 Å². The molecule has 2 aliphatic rings. The Morgan fingerprint density at radius 3 is 2.76 bits per heavy atom. The van der Waals surface area contributed by atoms with Crippen LogP contribution in [0.15, 0.2) is 59.7 Å². The molecule has 0 aromatic heterocycles. The van der Waals surface area contributed by atoms with Gasteiger partial charge < -0.3 is 5.11 Å². The first kappa shape index (κ1) is 15.7. The first-order valence-electron chi connectivity index (χ1n) is 7.29. The maximum Gasteiger partial charge on any atom is 1.00 e. The molecule has 0 radical (unpaired) electrons. The maximum absolute atomic E-state index is 11.4. The number of aliphatic hydroxyl groups is 1. The van der Waals surface area contributed by atoms with Crippen LogP contribution in [0, 0.1) is 6.08 Å². The SMILES string of the molecule is OC1(c2cccc3ccccc23)CCCC2=C1C=[C-]C2.[K+]. The number of fused-ring (bicyclic) bond motifs is 1. The Morgan fingerprint density at radius 2 is 1.86 bits per heavy atom. The summed E-state index contributed by atoms with van der Waals surface area (Å²) in [5.41, 5.74) is 2.67. The maximum atomic E-state index is 11.4. The fourth-order valence-electron chi connectivity index (χ4n) is 3.67. The summed E-state index contributed by atoms with van der Waals surface area (Å²) >= 11 is 0. The third-order valence-electron chi connectivity index (χ3n) is 4.64. The van der Waals surface area contributed by atoms with Crippen molar-refractivity contribution in [3.8, 4) is 0 Å². The summed E-state index contributed by atoms with van der Waals surface area (Å²) in [6.45, 7) is 0. The molecule has 1 unspecified atom stereocenters. The van der Waals surface area contributed by atoms with Crippen LogP contribution >= 0.6 is 0 Å². The fraction of sp³-hybridized carbons (Fsp3) is 0.263. The molecule has 4 rings (SSSR count). The van der Waals surface area contributed by atoms with Crippen molar-refractivity contribution in [3.05, 3.63) is 71.3 Å². The molecule has 0 saturated carbocycles. The molecule has 0 saturated heterocycles. The standard InChI is InChI=1S/C19H17O.K/c20-19(13-5-9-15-8-4-11-17(15)19)18-12-3-7-14-6-1-2-10-16(14)18;/h1-3,6-7,10-12,20H,5,8-9,13H2;/q-1;+1. The van der Waals surface area contributed by atoms with Crippen molar-refractivity contribution >= 4 is 10.8 Å². The van der Waals surface area contributed by atoms with Gasteiger partial charge in [0.05, 0.1) is 5.60 Å². The molecule has 2 heteroatoms. The van der Waals surface area contributed by atoms with Gasteiger partial charge in [0, 0.05) is 0 Å². The van der Waals surface area contributed by atoms with Crippen molar-refractivity contribution in [3.63, 3.8) is 0 Å². The van der Waals surface area contributed by atoms with E-state index in [0.29, 0.717) is 0 Å². The molecule has 2 aromatic carbocycles. The van der Waals surface area contributed by atoms with Gasteiger partial charge in [-0.15, -0.1) is 6.42 Å². The van der Waals surface area contributed by atoms with E-state index in [0.717, 1.165) is 42.2 Å². The zero-order valence-corrected chi connectivity index (χ0v) is 15.5. The van der Waals surface area contributed by atoms with E-state index in [4.69, 9.17) is 0 Å². The molecule has 2 aliphatic carbocycles. The van der Waals surface area contributed by atoms with Crippen LogP contribution in [-0.2, 0) is 5.60 Å². The predicted molar refractivity (Wildman–Crippen MR) is 81.2 cm³/mol. The number of benzene rings is 2. The summed E-state index contributed by atoms with van der Waals surface area (Å²) in [5, 5.41) is 13.7. The van der Waals surface area contributed by atoms with Crippen molar-refractivity contribution in [2.45, 2.75) is 31.3 Å². The number of hydrogen-bond acceptors (Lipinski definition) is 1. The monoisotopic (exact) mass is 300 g/mol. The van der Waals surface area contributed by atoms with Crippen LogP contribution in [0.4, 0.5) is 0 Å². The minimum absolute atomic E-state index is 0. The van der Waals surface area contributed by atoms with Crippen LogP contribution in [0.1, 0.15) is 31.2 Å². The normalized spacial score (nSPS) is 24.0. The Kier molecular flexibility index (Phi) is 4.56. The van der Waals surface area contributed by atoms with Gasteiger partial charge in [-0.05, 0) is 35.6 Å². The first-order valence-corrected chi connectivity index (χ1v) is 7.29. The van der Waals surface area contributed by atoms with Crippen molar-refractivity contribution in [2.24, 2.45) is 0 Å². The van der Waals surface area contributed by atoms with Crippen LogP contribution in [0.2, 0.25) is 0 Å². The molecule has 1 nitrogen and oxygen atoms in total. The second-order valence-electron chi connectivity index (χ2n) is 5.78. The van der Waals surface area contributed by atoms with E-state index in [1.54, 1.807) is 0 Å². The van der Waals surface area contributed by atoms with Gasteiger partial charge >= 0.3 is 51.4 Å². The van der Waals surface area contributed by atoms with Crippen molar-refractivity contribution in [1.29, 1.82) is 0 Å². The quantitative estimate of drug-likeness (QED) is 0.621. The molecule has 21 heavy (non-hydrogen) atoms. The van der Waals surface area contributed by atoms with Crippen molar-refractivity contribution in [2.75, 3.05) is 0 Å². The summed E-state index contributed by atoms with van der Waals surface area (Å²) in [5.74, 6) is 0. The van der Waals surface area contributed by atoms with Crippen LogP contribution in [0.5, 0.6) is 0 Å². The Labute approximate surface area is 168 Å². The van der Waals surface area contributed by atoms with E-state index in [9.17, 15) is 5.11 Å². The van der Waals surface area contributed by atoms with Crippen LogP contribution in [0.25, 0.3) is 10.8 Å². The van der Waals surface area contributed by atoms with Crippen LogP contribution in [0.3, 0.4) is 0 Å². The molecule has 0 fully saturated rings. The van der Waals surface area contributed by atoms with Crippen LogP contribution < -0.4 is 51.4 Å². The second kappa shape index (κ2) is 6.11. The van der Waals surface area contributed by atoms with Gasteiger partial charge in [0.1, 0.15) is 0 Å². The molecule has 2 aromatic rings. The Morgan fingerprint density at radius 1 is 1.05 bits per heavy atom. The minimum atomic E-state index is -0.835. The number of allylic oxidation sites excluding steroid dienone is 2. The average Bonchev–Trinajstić information content (AvgIpc) is 2.97. The third kappa shape index (κ3) is 2.52. The van der Waals surface area contributed by atoms with E-state index in [1.807, 2.05) is 24.3 Å². The van der Waals surface area contributed by atoms with Gasteiger partial charge in [0.2, 0.25) is 0 Å². The van der Waals surface area contributed by atoms with Gasteiger partial charge in [0.15, 0.2) is 0 Å². The van der Waals surface area contributed by atoms with E-state index in [-0.39, 0.29) is 51.4 Å². The Hall–Kier alpha value is -0.224. The Bertz CT molecular complexity index is 739. The smallest absolute Gasteiger partial charge is 0.399 e. The van der Waals surface area contributed by atoms with E-state index in [2.05, 4.69) is 30.3 Å². The zero-order chi connectivity index (χ0) is 13.6. The largest absolute Gasteiger partial charge is 1.00 e. The molecule has 0 spiro atoms. The average molecular weight is 300 g/mol. The number of rotatable bonds is 1. The first-order chi connectivity index (χ1) is 9.79. The van der Waals surface area contributed by atoms with Gasteiger partial charge in [-0.25, -0.2) is 6.08 Å². The molecule has 1 N–H and O–H groups in total. The second-order valence-corrected chi connectivity index (χ2v) is 5.78. The van der Waals surface area contributed by atoms with Crippen molar-refractivity contribution in [1.82, 2.24) is 0 Å². The van der Waals surface area contributed by atoms with Gasteiger partial charge in [-0.2, -0.15) is 11.1 Å². The molecule has 1 atom stereocenters. The molecule has 0 bridgehead atoms. The van der Waals surface area contributed by atoms with Crippen molar-refractivity contribution < 1.29 is 56.5 Å². The molecular formula is C19H17KO. The summed E-state index contributed by atoms with van der Waals surface area (Å²) in [7, 11) is 0. The summed E-state index contributed by atoms with van der Waals surface area (Å²) in [6, 6.07) is 14.5. The molecule has 0 amide bonds. The predicted octanol–water partition coefficient (Wildman–Crippen LogP) is 1.27. The topological polar surface area (TPSA) is 20.2 Å². The third-order valence-corrected chi connectivity index (χ3v) is 4.64. The summed E-state index contributed by atoms with van der Waals surface area (Å²) in [4.78, 5) is 0. The molecule has 0 aliphatic heterocycles.